The van der Waals surface area contributed by atoms with Gasteiger partial charge >= 0.3 is 0 Å². The molecule has 1 heterocycles. The summed E-state index contributed by atoms with van der Waals surface area (Å²) in [6.07, 6.45) is 0. The molecule has 5 aromatic rings. The number of nitrogens with two attached hydrogens (primary N) is 1. The molecular formula is C30H24N4O3. The highest BCUT2D eigenvalue weighted by Crippen LogP contribution is 2.37. The quantitative estimate of drug-likeness (QED) is 0.299. The normalized spacial score (nSPS) is 10.8. The second-order valence-electron chi connectivity index (χ2n) is 8.64. The zero-order valence-electron chi connectivity index (χ0n) is 20.3. The van der Waals surface area contributed by atoms with Crippen LogP contribution in [-0.2, 0) is 0 Å². The second-order valence-corrected chi connectivity index (χ2v) is 8.64. The van der Waals surface area contributed by atoms with Gasteiger partial charge in [0.05, 0.1) is 11.1 Å². The van der Waals surface area contributed by atoms with Crippen molar-refractivity contribution >= 4 is 5.91 Å². The maximum absolute atomic E-state index is 12.1. The van der Waals surface area contributed by atoms with Gasteiger partial charge in [0.15, 0.2) is 17.5 Å². The molecule has 0 unspecified atom stereocenters. The van der Waals surface area contributed by atoms with Crippen molar-refractivity contribution in [3.05, 3.63) is 108 Å². The number of ether oxygens (including phenoxy) is 1. The number of benzene rings is 4. The SMILES string of the molecule is Cc1ccc(-c2nc(-c3ccccc3)nc(-c3cc(C)c(C(N)=O)cc3Oc3ccccc3)n2)c(O)c1. The van der Waals surface area contributed by atoms with Gasteiger partial charge in [-0.15, -0.1) is 0 Å². The minimum Gasteiger partial charge on any atom is -0.507 e. The fourth-order valence-electron chi connectivity index (χ4n) is 3.99. The first-order chi connectivity index (χ1) is 17.9. The van der Waals surface area contributed by atoms with E-state index in [1.165, 1.54) is 0 Å². The standard InChI is InChI=1S/C30H24N4O3/c1-18-13-14-22(25(35)15-18)29-32-28(20-9-5-3-6-10-20)33-30(34-29)24-16-19(2)23(27(31)36)17-26(24)37-21-11-7-4-8-12-21/h3-17,35H,1-2H3,(H2,31,36). The maximum atomic E-state index is 12.1. The van der Waals surface area contributed by atoms with Crippen LogP contribution in [-0.4, -0.2) is 26.0 Å². The highest BCUT2D eigenvalue weighted by atomic mass is 16.5. The zero-order valence-corrected chi connectivity index (χ0v) is 20.3. The van der Waals surface area contributed by atoms with E-state index in [1.54, 1.807) is 31.2 Å². The van der Waals surface area contributed by atoms with Crippen molar-refractivity contribution in [3.63, 3.8) is 0 Å². The Hall–Kier alpha value is -5.04. The van der Waals surface area contributed by atoms with Crippen molar-refractivity contribution in [2.24, 2.45) is 5.73 Å². The van der Waals surface area contributed by atoms with Gasteiger partial charge in [-0.25, -0.2) is 15.0 Å². The van der Waals surface area contributed by atoms with Gasteiger partial charge in [-0.1, -0.05) is 54.6 Å². The smallest absolute Gasteiger partial charge is 0.249 e. The van der Waals surface area contributed by atoms with Crippen LogP contribution in [0.5, 0.6) is 17.2 Å². The summed E-state index contributed by atoms with van der Waals surface area (Å²) in [6.45, 7) is 3.69. The van der Waals surface area contributed by atoms with Crippen LogP contribution in [0.3, 0.4) is 0 Å². The van der Waals surface area contributed by atoms with E-state index >= 15 is 0 Å². The van der Waals surface area contributed by atoms with Gasteiger partial charge < -0.3 is 15.6 Å². The van der Waals surface area contributed by atoms with E-state index < -0.39 is 5.91 Å². The van der Waals surface area contributed by atoms with Gasteiger partial charge in [-0.2, -0.15) is 0 Å². The average molecular weight is 489 g/mol. The maximum Gasteiger partial charge on any atom is 0.249 e. The molecule has 7 heteroatoms. The van der Waals surface area contributed by atoms with Gasteiger partial charge in [-0.05, 0) is 61.4 Å². The molecule has 0 radical (unpaired) electrons. The Labute approximate surface area is 214 Å². The van der Waals surface area contributed by atoms with Gasteiger partial charge in [0, 0.05) is 11.1 Å². The molecule has 5 rings (SSSR count). The highest BCUT2D eigenvalue weighted by molar-refractivity contribution is 5.96. The lowest BCUT2D eigenvalue weighted by atomic mass is 10.0. The van der Waals surface area contributed by atoms with Crippen molar-refractivity contribution in [1.82, 2.24) is 15.0 Å². The zero-order chi connectivity index (χ0) is 25.9. The topological polar surface area (TPSA) is 111 Å². The number of carbonyl (C=O) groups excluding carboxylic acids is 1. The third-order valence-electron chi connectivity index (χ3n) is 5.87. The molecule has 1 aromatic heterocycles. The number of primary amides is 1. The van der Waals surface area contributed by atoms with Crippen LogP contribution in [0.25, 0.3) is 34.2 Å². The fraction of sp³-hybridized carbons (Fsp3) is 0.0667. The molecule has 7 nitrogen and oxygen atoms in total. The Balaban J connectivity index is 1.75. The number of aryl methyl sites for hydroxylation is 2. The van der Waals surface area contributed by atoms with E-state index in [0.29, 0.717) is 51.2 Å². The number of para-hydroxylation sites is 1. The first-order valence-corrected chi connectivity index (χ1v) is 11.7. The molecule has 0 aliphatic rings. The Morgan fingerprint density at radius 1 is 0.757 bits per heavy atom. The summed E-state index contributed by atoms with van der Waals surface area (Å²) in [5.41, 5.74) is 9.35. The Kier molecular flexibility index (Phi) is 6.34. The summed E-state index contributed by atoms with van der Waals surface area (Å²) in [4.78, 5) is 26.3. The summed E-state index contributed by atoms with van der Waals surface area (Å²) in [5.74, 6) is 1.53. The molecule has 0 fully saturated rings. The summed E-state index contributed by atoms with van der Waals surface area (Å²) < 4.78 is 6.18. The van der Waals surface area contributed by atoms with E-state index in [2.05, 4.69) is 4.98 Å². The second kappa shape index (κ2) is 9.91. The molecule has 1 amide bonds. The number of amides is 1. The molecule has 182 valence electrons. The molecule has 3 N–H and O–H groups in total. The van der Waals surface area contributed by atoms with Crippen LogP contribution in [0, 0.1) is 13.8 Å². The van der Waals surface area contributed by atoms with Crippen LogP contribution in [0.2, 0.25) is 0 Å². The summed E-state index contributed by atoms with van der Waals surface area (Å²) in [7, 11) is 0. The molecule has 0 aliphatic heterocycles. The monoisotopic (exact) mass is 488 g/mol. The van der Waals surface area contributed by atoms with E-state index in [1.807, 2.05) is 73.7 Å². The molecular weight excluding hydrogens is 464 g/mol. The summed E-state index contributed by atoms with van der Waals surface area (Å²) >= 11 is 0. The predicted octanol–water partition coefficient (Wildman–Crippen LogP) is 6.09. The first-order valence-electron chi connectivity index (χ1n) is 11.7. The largest absolute Gasteiger partial charge is 0.507 e. The van der Waals surface area contributed by atoms with E-state index in [-0.39, 0.29) is 5.75 Å². The Morgan fingerprint density at radius 2 is 1.38 bits per heavy atom. The minimum atomic E-state index is -0.562. The van der Waals surface area contributed by atoms with Crippen molar-refractivity contribution in [1.29, 1.82) is 0 Å². The lowest BCUT2D eigenvalue weighted by molar-refractivity contribution is 0.0999. The van der Waals surface area contributed by atoms with Crippen molar-refractivity contribution in [3.8, 4) is 51.4 Å². The molecule has 4 aromatic carbocycles. The van der Waals surface area contributed by atoms with Gasteiger partial charge in [0.2, 0.25) is 5.91 Å². The van der Waals surface area contributed by atoms with E-state index in [4.69, 9.17) is 20.4 Å². The van der Waals surface area contributed by atoms with Gasteiger partial charge in [0.25, 0.3) is 0 Å². The molecule has 37 heavy (non-hydrogen) atoms. The van der Waals surface area contributed by atoms with Crippen molar-refractivity contribution in [2.45, 2.75) is 13.8 Å². The summed E-state index contributed by atoms with van der Waals surface area (Å²) in [6, 6.07) is 27.5. The number of aromatic nitrogens is 3. The number of rotatable bonds is 6. The van der Waals surface area contributed by atoms with Gasteiger partial charge in [0.1, 0.15) is 17.2 Å². The summed E-state index contributed by atoms with van der Waals surface area (Å²) in [5, 5.41) is 10.7. The number of hydrogen-bond donors (Lipinski definition) is 2. The van der Waals surface area contributed by atoms with E-state index in [0.717, 1.165) is 11.1 Å². The number of hydrogen-bond acceptors (Lipinski definition) is 6. The molecule has 0 saturated carbocycles. The molecule has 0 spiro atoms. The first kappa shape index (κ1) is 23.7. The minimum absolute atomic E-state index is 0.0668. The number of phenolic OH excluding ortho intramolecular Hbond substituents is 1. The van der Waals surface area contributed by atoms with Crippen LogP contribution in [0.4, 0.5) is 0 Å². The fourth-order valence-corrected chi connectivity index (χ4v) is 3.99. The third-order valence-corrected chi connectivity index (χ3v) is 5.87. The highest BCUT2D eigenvalue weighted by Gasteiger charge is 2.20. The van der Waals surface area contributed by atoms with Crippen molar-refractivity contribution in [2.75, 3.05) is 0 Å². The lowest BCUT2D eigenvalue weighted by Gasteiger charge is -2.15. The van der Waals surface area contributed by atoms with Crippen molar-refractivity contribution < 1.29 is 14.6 Å². The lowest BCUT2D eigenvalue weighted by Crippen LogP contribution is -2.13. The van der Waals surface area contributed by atoms with Crippen LogP contribution < -0.4 is 10.5 Å². The Morgan fingerprint density at radius 3 is 2.03 bits per heavy atom. The molecule has 0 saturated heterocycles. The van der Waals surface area contributed by atoms with Gasteiger partial charge in [-0.3, -0.25) is 4.79 Å². The van der Waals surface area contributed by atoms with Crippen LogP contribution in [0.1, 0.15) is 21.5 Å². The number of phenols is 1. The van der Waals surface area contributed by atoms with Crippen LogP contribution >= 0.6 is 0 Å². The van der Waals surface area contributed by atoms with Crippen LogP contribution in [0.15, 0.2) is 91.0 Å². The molecule has 0 bridgehead atoms. The molecule has 0 aliphatic carbocycles. The van der Waals surface area contributed by atoms with E-state index in [9.17, 15) is 9.90 Å². The Bertz CT molecular complexity index is 1600. The number of aromatic hydroxyl groups is 1. The average Bonchev–Trinajstić information content (AvgIpc) is 2.90. The molecule has 0 atom stereocenters. The third kappa shape index (κ3) is 5.01. The predicted molar refractivity (Wildman–Crippen MR) is 142 cm³/mol. The number of nitrogens with zero attached hydrogens (tertiary/aromatic N) is 3. The number of carbonyl (C=O) groups is 1.